The Hall–Kier alpha value is -0.550. The molecule has 0 heterocycles. The molecule has 2 unspecified atom stereocenters. The van der Waals surface area contributed by atoms with Crippen molar-refractivity contribution in [2.45, 2.75) is 13.3 Å². The Morgan fingerprint density at radius 2 is 2.25 bits per heavy atom. The van der Waals surface area contributed by atoms with Crippen LogP contribution in [0.1, 0.15) is 13.3 Å². The van der Waals surface area contributed by atoms with Crippen molar-refractivity contribution in [2.24, 2.45) is 5.92 Å². The minimum Gasteiger partial charge on any atom is -0.302 e. The summed E-state index contributed by atoms with van der Waals surface area (Å²) in [6.07, 6.45) is 0.634. The topological polar surface area (TPSA) is 37.3 Å². The smallest absolute Gasteiger partial charge is 0.185 e. The van der Waals surface area contributed by atoms with Crippen molar-refractivity contribution in [1.82, 2.24) is 0 Å². The van der Waals surface area contributed by atoms with E-state index in [0.29, 0.717) is 6.08 Å². The maximum absolute atomic E-state index is 12.7. The Balaban J connectivity index is 3.01. The van der Waals surface area contributed by atoms with Crippen molar-refractivity contribution in [2.75, 3.05) is 0 Å². The highest BCUT2D eigenvalue weighted by molar-refractivity contribution is 7.83. The normalized spacial score (nSPS) is 27.0. The minimum absolute atomic E-state index is 0.0305. The number of hydrogen-bond acceptors (Lipinski definition) is 1. The molecule has 0 saturated carbocycles. The molecule has 0 saturated heterocycles. The van der Waals surface area contributed by atoms with Gasteiger partial charge in [-0.25, -0.2) is 13.0 Å². The molecule has 0 aromatic rings. The largest absolute Gasteiger partial charge is 0.302 e. The fraction of sp³-hybridized carbons (Fsp3) is 0.429. The van der Waals surface area contributed by atoms with Crippen LogP contribution in [0.4, 0.5) is 8.78 Å². The van der Waals surface area contributed by atoms with Gasteiger partial charge in [0.2, 0.25) is 0 Å². The van der Waals surface area contributed by atoms with Crippen LogP contribution < -0.4 is 0 Å². The lowest BCUT2D eigenvalue weighted by Gasteiger charge is -2.14. The molecule has 0 aromatic carbocycles. The van der Waals surface area contributed by atoms with Gasteiger partial charge in [-0.1, -0.05) is 6.92 Å². The minimum atomic E-state index is -2.32. The number of hydrogen-bond donors (Lipinski definition) is 1. The lowest BCUT2D eigenvalue weighted by molar-refractivity contribution is 0.466. The molecule has 0 aromatic heterocycles. The highest BCUT2D eigenvalue weighted by Crippen LogP contribution is 2.31. The van der Waals surface area contributed by atoms with Crippen LogP contribution in [0.25, 0.3) is 0 Å². The molecule has 12 heavy (non-hydrogen) atoms. The summed E-state index contributed by atoms with van der Waals surface area (Å²) in [4.78, 5) is -0.232. The van der Waals surface area contributed by atoms with Gasteiger partial charge in [0.15, 0.2) is 11.1 Å². The van der Waals surface area contributed by atoms with E-state index in [1.165, 1.54) is 6.92 Å². The predicted molar refractivity (Wildman–Crippen MR) is 41.9 cm³/mol. The molecule has 0 fully saturated rings. The van der Waals surface area contributed by atoms with Crippen molar-refractivity contribution in [1.29, 1.82) is 0 Å². The summed E-state index contributed by atoms with van der Waals surface area (Å²) in [6, 6.07) is 0. The maximum atomic E-state index is 12.7. The second-order valence-corrected chi connectivity index (χ2v) is 3.65. The van der Waals surface area contributed by atoms with Crippen molar-refractivity contribution >= 4 is 11.1 Å². The van der Waals surface area contributed by atoms with Gasteiger partial charge in [-0.3, -0.25) is 0 Å². The van der Waals surface area contributed by atoms with Crippen LogP contribution in [0.5, 0.6) is 0 Å². The van der Waals surface area contributed by atoms with Gasteiger partial charge in [0, 0.05) is 12.0 Å². The van der Waals surface area contributed by atoms with Gasteiger partial charge in [-0.05, 0) is 6.42 Å². The van der Waals surface area contributed by atoms with E-state index in [-0.39, 0.29) is 11.3 Å². The highest BCUT2D eigenvalue weighted by atomic mass is 32.2. The van der Waals surface area contributed by atoms with E-state index in [4.69, 9.17) is 4.55 Å². The number of halogens is 2. The SMILES string of the molecule is CC1CC(S(=O)O)=C(F)C=C1F. The van der Waals surface area contributed by atoms with E-state index < -0.39 is 28.7 Å². The first-order valence-electron chi connectivity index (χ1n) is 3.39. The summed E-state index contributed by atoms with van der Waals surface area (Å²) < 4.78 is 44.5. The molecule has 1 N–H and O–H groups in total. The third-order valence-electron chi connectivity index (χ3n) is 1.70. The number of allylic oxidation sites excluding steroid dienone is 4. The van der Waals surface area contributed by atoms with E-state index in [1.54, 1.807) is 0 Å². The van der Waals surface area contributed by atoms with Gasteiger partial charge in [0.25, 0.3) is 0 Å². The number of rotatable bonds is 1. The van der Waals surface area contributed by atoms with Gasteiger partial charge in [0.05, 0.1) is 4.91 Å². The fourth-order valence-corrected chi connectivity index (χ4v) is 1.59. The van der Waals surface area contributed by atoms with Crippen LogP contribution in [0, 0.1) is 5.92 Å². The average molecular weight is 194 g/mol. The molecular weight excluding hydrogens is 186 g/mol. The van der Waals surface area contributed by atoms with Gasteiger partial charge < -0.3 is 4.55 Å². The molecule has 0 amide bonds. The van der Waals surface area contributed by atoms with Crippen LogP contribution >= 0.6 is 0 Å². The van der Waals surface area contributed by atoms with Gasteiger partial charge in [-0.2, -0.15) is 0 Å². The molecule has 1 rings (SSSR count). The van der Waals surface area contributed by atoms with Crippen LogP contribution in [-0.2, 0) is 11.1 Å². The van der Waals surface area contributed by atoms with Crippen molar-refractivity contribution < 1.29 is 17.5 Å². The summed E-state index contributed by atoms with van der Waals surface area (Å²) in [7, 11) is 0. The summed E-state index contributed by atoms with van der Waals surface area (Å²) in [5, 5.41) is 0. The summed E-state index contributed by atoms with van der Waals surface area (Å²) >= 11 is -2.32. The van der Waals surface area contributed by atoms with Gasteiger partial charge in [-0.15, -0.1) is 0 Å². The van der Waals surface area contributed by atoms with E-state index in [0.717, 1.165) is 0 Å². The second kappa shape index (κ2) is 3.45. The van der Waals surface area contributed by atoms with Crippen LogP contribution in [0.15, 0.2) is 22.6 Å². The monoisotopic (exact) mass is 194 g/mol. The lowest BCUT2D eigenvalue weighted by atomic mass is 10.0. The average Bonchev–Trinajstić information content (AvgIpc) is 1.96. The molecule has 2 nitrogen and oxygen atoms in total. The third kappa shape index (κ3) is 1.78. The van der Waals surface area contributed by atoms with Crippen LogP contribution in [0.2, 0.25) is 0 Å². The zero-order valence-corrected chi connectivity index (χ0v) is 7.20. The van der Waals surface area contributed by atoms with Crippen molar-refractivity contribution in [3.8, 4) is 0 Å². The quantitative estimate of drug-likeness (QED) is 0.650. The first-order valence-corrected chi connectivity index (χ1v) is 4.49. The molecule has 68 valence electrons. The van der Waals surface area contributed by atoms with Crippen LogP contribution in [0.3, 0.4) is 0 Å². The van der Waals surface area contributed by atoms with Gasteiger partial charge >= 0.3 is 0 Å². The Kier molecular flexibility index (Phi) is 2.74. The van der Waals surface area contributed by atoms with Crippen molar-refractivity contribution in [3.05, 3.63) is 22.6 Å². The highest BCUT2D eigenvalue weighted by Gasteiger charge is 2.23. The molecular formula is C7H8F2O2S. The Labute approximate surface area is 71.3 Å². The molecule has 1 aliphatic carbocycles. The Bertz CT molecular complexity index is 283. The predicted octanol–water partition coefficient (Wildman–Crippen LogP) is 2.28. The van der Waals surface area contributed by atoms with Gasteiger partial charge in [0.1, 0.15) is 11.7 Å². The van der Waals surface area contributed by atoms with Crippen molar-refractivity contribution in [3.63, 3.8) is 0 Å². The zero-order valence-electron chi connectivity index (χ0n) is 6.38. The van der Waals surface area contributed by atoms with E-state index in [1.807, 2.05) is 0 Å². The molecule has 0 spiro atoms. The fourth-order valence-electron chi connectivity index (χ4n) is 0.972. The third-order valence-corrected chi connectivity index (χ3v) is 2.49. The molecule has 0 aliphatic heterocycles. The molecule has 5 heteroatoms. The molecule has 2 atom stereocenters. The van der Waals surface area contributed by atoms with Crippen LogP contribution in [-0.4, -0.2) is 8.76 Å². The summed E-state index contributed by atoms with van der Waals surface area (Å²) in [6.45, 7) is 1.53. The summed E-state index contributed by atoms with van der Waals surface area (Å²) in [5.74, 6) is -2.01. The first-order chi connectivity index (χ1) is 5.52. The zero-order chi connectivity index (χ0) is 9.30. The molecule has 0 bridgehead atoms. The van der Waals surface area contributed by atoms with E-state index >= 15 is 0 Å². The Morgan fingerprint density at radius 1 is 1.67 bits per heavy atom. The lowest BCUT2D eigenvalue weighted by Crippen LogP contribution is -2.08. The second-order valence-electron chi connectivity index (χ2n) is 2.65. The van der Waals surface area contributed by atoms with E-state index in [2.05, 4.69) is 0 Å². The Morgan fingerprint density at radius 3 is 2.75 bits per heavy atom. The molecule has 0 radical (unpaired) electrons. The first kappa shape index (κ1) is 9.54. The molecule has 1 aliphatic rings. The standard InChI is InChI=1S/C7H8F2O2S/c1-4-2-7(12(10)11)6(9)3-5(4)8/h3-4H,2H2,1H3,(H,10,11). The maximum Gasteiger partial charge on any atom is 0.185 e. The summed E-state index contributed by atoms with van der Waals surface area (Å²) in [5.41, 5.74) is 0. The van der Waals surface area contributed by atoms with E-state index in [9.17, 15) is 13.0 Å².